The molecule has 1 aromatic carbocycles. The van der Waals surface area contributed by atoms with Crippen molar-refractivity contribution in [2.45, 2.75) is 58.9 Å². The predicted molar refractivity (Wildman–Crippen MR) is 114 cm³/mol. The van der Waals surface area contributed by atoms with Crippen molar-refractivity contribution in [2.24, 2.45) is 4.99 Å². The van der Waals surface area contributed by atoms with Crippen molar-refractivity contribution in [1.82, 2.24) is 15.8 Å². The van der Waals surface area contributed by atoms with E-state index in [1.807, 2.05) is 24.3 Å². The van der Waals surface area contributed by atoms with Gasteiger partial charge < -0.3 is 19.9 Å². The van der Waals surface area contributed by atoms with E-state index in [4.69, 9.17) is 9.26 Å². The van der Waals surface area contributed by atoms with E-state index in [1.54, 1.807) is 7.11 Å². The number of para-hydroxylation sites is 1. The van der Waals surface area contributed by atoms with Gasteiger partial charge in [-0.2, -0.15) is 0 Å². The molecule has 28 heavy (non-hydrogen) atoms. The molecule has 0 aliphatic carbocycles. The van der Waals surface area contributed by atoms with Gasteiger partial charge in [-0.15, -0.1) is 0 Å². The van der Waals surface area contributed by atoms with Crippen molar-refractivity contribution in [3.8, 4) is 5.75 Å². The molecule has 0 aliphatic heterocycles. The summed E-state index contributed by atoms with van der Waals surface area (Å²) in [6.07, 6.45) is 2.13. The Morgan fingerprint density at radius 1 is 1.18 bits per heavy atom. The van der Waals surface area contributed by atoms with Crippen molar-refractivity contribution in [3.05, 3.63) is 47.3 Å². The molecular formula is C22H34N4O2. The second-order valence-corrected chi connectivity index (χ2v) is 6.95. The maximum Gasteiger partial charge on any atom is 0.191 e. The van der Waals surface area contributed by atoms with Crippen LogP contribution in [0.15, 0.2) is 39.8 Å². The SMILES string of the molecule is CCNC(=NCc1cc(C(CC)CC)no1)NCC(C)c1ccccc1OC. The molecular weight excluding hydrogens is 352 g/mol. The molecule has 2 N–H and O–H groups in total. The molecule has 1 unspecified atom stereocenters. The summed E-state index contributed by atoms with van der Waals surface area (Å²) in [5.41, 5.74) is 2.20. The number of aromatic nitrogens is 1. The lowest BCUT2D eigenvalue weighted by Gasteiger charge is -2.18. The summed E-state index contributed by atoms with van der Waals surface area (Å²) < 4.78 is 10.9. The molecule has 1 aromatic heterocycles. The zero-order chi connectivity index (χ0) is 20.4. The van der Waals surface area contributed by atoms with Gasteiger partial charge in [0, 0.05) is 31.0 Å². The minimum atomic E-state index is 0.284. The summed E-state index contributed by atoms with van der Waals surface area (Å²) in [7, 11) is 1.71. The van der Waals surface area contributed by atoms with E-state index in [0.717, 1.165) is 49.1 Å². The predicted octanol–water partition coefficient (Wildman–Crippen LogP) is 4.45. The molecule has 0 saturated heterocycles. The lowest BCUT2D eigenvalue weighted by atomic mass is 9.99. The molecule has 0 amide bonds. The number of nitrogens with zero attached hydrogens (tertiary/aromatic N) is 2. The van der Waals surface area contributed by atoms with Crippen LogP contribution in [0.5, 0.6) is 5.75 Å². The van der Waals surface area contributed by atoms with E-state index in [9.17, 15) is 0 Å². The molecule has 6 nitrogen and oxygen atoms in total. The Balaban J connectivity index is 1.98. The third-order valence-corrected chi connectivity index (χ3v) is 4.96. The van der Waals surface area contributed by atoms with Crippen LogP contribution in [0.3, 0.4) is 0 Å². The van der Waals surface area contributed by atoms with E-state index >= 15 is 0 Å². The van der Waals surface area contributed by atoms with Crippen molar-refractivity contribution in [1.29, 1.82) is 0 Å². The monoisotopic (exact) mass is 386 g/mol. The van der Waals surface area contributed by atoms with Crippen molar-refractivity contribution in [3.63, 3.8) is 0 Å². The average Bonchev–Trinajstić information content (AvgIpc) is 3.19. The molecule has 0 spiro atoms. The molecule has 1 atom stereocenters. The highest BCUT2D eigenvalue weighted by Gasteiger charge is 2.14. The van der Waals surface area contributed by atoms with Gasteiger partial charge in [0.25, 0.3) is 0 Å². The highest BCUT2D eigenvalue weighted by molar-refractivity contribution is 5.79. The van der Waals surface area contributed by atoms with Crippen LogP contribution in [-0.2, 0) is 6.54 Å². The van der Waals surface area contributed by atoms with Crippen LogP contribution in [0.1, 0.15) is 69.4 Å². The smallest absolute Gasteiger partial charge is 0.191 e. The lowest BCUT2D eigenvalue weighted by Crippen LogP contribution is -2.39. The number of hydrogen-bond acceptors (Lipinski definition) is 4. The standard InChI is InChI=1S/C22H34N4O2/c1-6-17(7-2)20-13-18(28-26-20)15-25-22(23-8-3)24-14-16(4)19-11-9-10-12-21(19)27-5/h9-13,16-17H,6-8,14-15H2,1-5H3,(H2,23,24,25). The first-order valence-electron chi connectivity index (χ1n) is 10.2. The van der Waals surface area contributed by atoms with Gasteiger partial charge in [-0.1, -0.05) is 44.1 Å². The van der Waals surface area contributed by atoms with Gasteiger partial charge >= 0.3 is 0 Å². The zero-order valence-electron chi connectivity index (χ0n) is 17.8. The zero-order valence-corrected chi connectivity index (χ0v) is 17.8. The minimum Gasteiger partial charge on any atom is -0.496 e. The van der Waals surface area contributed by atoms with Crippen molar-refractivity contribution >= 4 is 5.96 Å². The maximum atomic E-state index is 5.47. The maximum absolute atomic E-state index is 5.47. The van der Waals surface area contributed by atoms with Crippen LogP contribution in [0.4, 0.5) is 0 Å². The highest BCUT2D eigenvalue weighted by atomic mass is 16.5. The Labute approximate surface area is 168 Å². The first-order valence-corrected chi connectivity index (χ1v) is 10.2. The minimum absolute atomic E-state index is 0.284. The lowest BCUT2D eigenvalue weighted by molar-refractivity contribution is 0.372. The van der Waals surface area contributed by atoms with E-state index in [0.29, 0.717) is 12.5 Å². The van der Waals surface area contributed by atoms with E-state index in [1.165, 1.54) is 5.56 Å². The van der Waals surface area contributed by atoms with Crippen molar-refractivity contribution < 1.29 is 9.26 Å². The first-order chi connectivity index (χ1) is 13.6. The quantitative estimate of drug-likeness (QED) is 0.466. The Morgan fingerprint density at radius 2 is 1.93 bits per heavy atom. The summed E-state index contributed by atoms with van der Waals surface area (Å²) in [4.78, 5) is 4.65. The molecule has 0 bridgehead atoms. The van der Waals surface area contributed by atoms with Gasteiger partial charge in [-0.05, 0) is 31.4 Å². The number of ether oxygens (including phenoxy) is 1. The number of guanidine groups is 1. The Morgan fingerprint density at radius 3 is 2.61 bits per heavy atom. The third-order valence-electron chi connectivity index (χ3n) is 4.96. The Hall–Kier alpha value is -2.50. The molecule has 2 aromatic rings. The topological polar surface area (TPSA) is 71.7 Å². The summed E-state index contributed by atoms with van der Waals surface area (Å²) in [6, 6.07) is 10.1. The first kappa shape index (κ1) is 21.8. The molecule has 2 rings (SSSR count). The summed E-state index contributed by atoms with van der Waals surface area (Å²) in [5, 5.41) is 10.9. The molecule has 1 heterocycles. The fourth-order valence-corrected chi connectivity index (χ4v) is 3.23. The largest absolute Gasteiger partial charge is 0.496 e. The Bertz CT molecular complexity index is 738. The number of hydrogen-bond donors (Lipinski definition) is 2. The number of aliphatic imine (C=N–C) groups is 1. The van der Waals surface area contributed by atoms with Gasteiger partial charge in [0.2, 0.25) is 0 Å². The fourth-order valence-electron chi connectivity index (χ4n) is 3.23. The Kier molecular flexibility index (Phi) is 8.85. The van der Waals surface area contributed by atoms with E-state index < -0.39 is 0 Å². The number of methoxy groups -OCH3 is 1. The van der Waals surface area contributed by atoms with Crippen LogP contribution in [0.25, 0.3) is 0 Å². The number of rotatable bonds is 10. The number of nitrogens with one attached hydrogen (secondary N) is 2. The molecule has 6 heteroatoms. The molecule has 0 saturated carbocycles. The second kappa shape index (κ2) is 11.4. The normalized spacial score (nSPS) is 12.9. The van der Waals surface area contributed by atoms with Crippen LogP contribution in [0, 0.1) is 0 Å². The highest BCUT2D eigenvalue weighted by Crippen LogP contribution is 2.25. The van der Waals surface area contributed by atoms with Crippen LogP contribution >= 0.6 is 0 Å². The summed E-state index contributed by atoms with van der Waals surface area (Å²) in [6.45, 7) is 10.6. The van der Waals surface area contributed by atoms with Crippen LogP contribution in [-0.4, -0.2) is 31.3 Å². The summed E-state index contributed by atoms with van der Waals surface area (Å²) >= 11 is 0. The van der Waals surface area contributed by atoms with Crippen LogP contribution < -0.4 is 15.4 Å². The molecule has 154 valence electrons. The third kappa shape index (κ3) is 6.01. The molecule has 0 radical (unpaired) electrons. The van der Waals surface area contributed by atoms with Crippen LogP contribution in [0.2, 0.25) is 0 Å². The average molecular weight is 387 g/mol. The second-order valence-electron chi connectivity index (χ2n) is 6.95. The molecule has 0 aliphatic rings. The van der Waals surface area contributed by atoms with Gasteiger partial charge in [-0.3, -0.25) is 0 Å². The van der Waals surface area contributed by atoms with Gasteiger partial charge in [0.05, 0.1) is 12.8 Å². The van der Waals surface area contributed by atoms with E-state index in [2.05, 4.69) is 54.5 Å². The number of benzene rings is 1. The fraction of sp³-hybridized carbons (Fsp3) is 0.545. The van der Waals surface area contributed by atoms with Gasteiger partial charge in [-0.25, -0.2) is 4.99 Å². The van der Waals surface area contributed by atoms with E-state index in [-0.39, 0.29) is 5.92 Å². The molecule has 0 fully saturated rings. The van der Waals surface area contributed by atoms with Gasteiger partial charge in [0.15, 0.2) is 11.7 Å². The summed E-state index contributed by atoms with van der Waals surface area (Å²) in [5.74, 6) is 3.21. The van der Waals surface area contributed by atoms with Crippen molar-refractivity contribution in [2.75, 3.05) is 20.2 Å². The van der Waals surface area contributed by atoms with Gasteiger partial charge in [0.1, 0.15) is 12.3 Å².